The van der Waals surface area contributed by atoms with E-state index in [0.29, 0.717) is 6.61 Å². The summed E-state index contributed by atoms with van der Waals surface area (Å²) in [5, 5.41) is 0. The Morgan fingerprint density at radius 2 is 1.62 bits per heavy atom. The Kier molecular flexibility index (Phi) is 3.61. The van der Waals surface area contributed by atoms with Gasteiger partial charge in [0.25, 0.3) is 0 Å². The topological polar surface area (TPSA) is 21.8 Å². The van der Waals surface area contributed by atoms with Crippen molar-refractivity contribution in [3.05, 3.63) is 76.9 Å². The molecular formula is C24H22O2. The molecule has 3 aromatic carbocycles. The molecular weight excluding hydrogens is 320 g/mol. The number of hydrogen-bond donors (Lipinski definition) is 0. The lowest BCUT2D eigenvalue weighted by molar-refractivity contribution is 0.260. The first-order chi connectivity index (χ1) is 12.7. The van der Waals surface area contributed by atoms with Crippen molar-refractivity contribution < 1.29 is 9.47 Å². The van der Waals surface area contributed by atoms with Gasteiger partial charge in [0.15, 0.2) is 0 Å². The molecule has 0 aromatic heterocycles. The Morgan fingerprint density at radius 3 is 2.38 bits per heavy atom. The first-order valence-corrected chi connectivity index (χ1v) is 9.27. The van der Waals surface area contributed by atoms with Gasteiger partial charge in [0.05, 0.1) is 6.61 Å². The van der Waals surface area contributed by atoms with Gasteiger partial charge in [-0.3, -0.25) is 0 Å². The Bertz CT molecular complexity index is 976. The van der Waals surface area contributed by atoms with Crippen LogP contribution in [0.4, 0.5) is 0 Å². The van der Waals surface area contributed by atoms with E-state index in [2.05, 4.69) is 68.4 Å². The minimum atomic E-state index is 0.282. The molecule has 0 N–H and O–H groups in total. The maximum Gasteiger partial charge on any atom is 0.125 e. The molecule has 1 atom stereocenters. The number of fused-ring (bicyclic) bond motifs is 3. The Balaban J connectivity index is 1.55. The van der Waals surface area contributed by atoms with Gasteiger partial charge < -0.3 is 9.47 Å². The summed E-state index contributed by atoms with van der Waals surface area (Å²) in [7, 11) is 0. The second kappa shape index (κ2) is 6.00. The zero-order valence-corrected chi connectivity index (χ0v) is 15.2. The lowest BCUT2D eigenvalue weighted by atomic mass is 9.93. The molecule has 0 amide bonds. The highest BCUT2D eigenvalue weighted by atomic mass is 16.6. The fraction of sp³-hybridized carbons (Fsp3) is 0.250. The molecule has 1 heterocycles. The van der Waals surface area contributed by atoms with Gasteiger partial charge in [0.2, 0.25) is 0 Å². The summed E-state index contributed by atoms with van der Waals surface area (Å²) < 4.78 is 11.3. The average Bonchev–Trinajstić information content (AvgIpc) is 3.39. The highest BCUT2D eigenvalue weighted by molar-refractivity contribution is 5.85. The van der Waals surface area contributed by atoms with E-state index in [4.69, 9.17) is 9.47 Å². The minimum Gasteiger partial charge on any atom is -0.490 e. The number of aryl methyl sites for hydroxylation is 2. The molecule has 130 valence electrons. The van der Waals surface area contributed by atoms with Crippen molar-refractivity contribution in [2.45, 2.75) is 26.4 Å². The van der Waals surface area contributed by atoms with Crippen LogP contribution in [0.3, 0.4) is 0 Å². The molecule has 2 heteroatoms. The molecule has 1 fully saturated rings. The van der Waals surface area contributed by atoms with Crippen LogP contribution in [0.2, 0.25) is 0 Å². The van der Waals surface area contributed by atoms with Crippen LogP contribution in [0.1, 0.15) is 22.3 Å². The van der Waals surface area contributed by atoms with E-state index in [1.807, 2.05) is 0 Å². The van der Waals surface area contributed by atoms with E-state index in [1.54, 1.807) is 0 Å². The van der Waals surface area contributed by atoms with E-state index in [0.717, 1.165) is 18.8 Å². The van der Waals surface area contributed by atoms with Gasteiger partial charge in [-0.1, -0.05) is 42.5 Å². The number of ether oxygens (including phenoxy) is 2. The second-order valence-corrected chi connectivity index (χ2v) is 7.37. The van der Waals surface area contributed by atoms with E-state index in [1.165, 1.54) is 44.5 Å². The maximum atomic E-state index is 6.00. The third-order valence-corrected chi connectivity index (χ3v) is 5.44. The Labute approximate surface area is 154 Å². The van der Waals surface area contributed by atoms with Crippen LogP contribution in [0.25, 0.3) is 22.3 Å². The summed E-state index contributed by atoms with van der Waals surface area (Å²) in [6.45, 7) is 5.75. The van der Waals surface area contributed by atoms with E-state index < -0.39 is 0 Å². The second-order valence-electron chi connectivity index (χ2n) is 7.37. The van der Waals surface area contributed by atoms with Gasteiger partial charge >= 0.3 is 0 Å². The monoisotopic (exact) mass is 342 g/mol. The quantitative estimate of drug-likeness (QED) is 0.468. The molecule has 26 heavy (non-hydrogen) atoms. The van der Waals surface area contributed by atoms with Crippen molar-refractivity contribution in [2.24, 2.45) is 0 Å². The molecule has 1 aliphatic heterocycles. The molecule has 2 aliphatic rings. The van der Waals surface area contributed by atoms with Gasteiger partial charge in [-0.25, -0.2) is 0 Å². The van der Waals surface area contributed by atoms with Crippen molar-refractivity contribution in [3.63, 3.8) is 0 Å². The van der Waals surface area contributed by atoms with Gasteiger partial charge in [-0.05, 0) is 76.9 Å². The van der Waals surface area contributed by atoms with Crippen LogP contribution in [-0.2, 0) is 11.2 Å². The summed E-state index contributed by atoms with van der Waals surface area (Å²) >= 11 is 0. The van der Waals surface area contributed by atoms with Gasteiger partial charge in [-0.15, -0.1) is 0 Å². The lowest BCUT2D eigenvalue weighted by Crippen LogP contribution is -2.06. The van der Waals surface area contributed by atoms with Crippen molar-refractivity contribution >= 4 is 0 Å². The van der Waals surface area contributed by atoms with Crippen LogP contribution < -0.4 is 4.74 Å². The normalized spacial score (nSPS) is 16.9. The molecule has 1 saturated heterocycles. The number of epoxide rings is 1. The predicted molar refractivity (Wildman–Crippen MR) is 105 cm³/mol. The summed E-state index contributed by atoms with van der Waals surface area (Å²) in [6, 6.07) is 19.9. The summed E-state index contributed by atoms with van der Waals surface area (Å²) in [5.74, 6) is 1.00. The summed E-state index contributed by atoms with van der Waals surface area (Å²) in [4.78, 5) is 0. The molecule has 2 nitrogen and oxygen atoms in total. The first kappa shape index (κ1) is 15.7. The molecule has 3 aromatic rings. The SMILES string of the molecule is Cc1cc(-c2cccc3c2Cc2ccccc2-3)cc(C)c1OCC1CO1. The molecule has 0 bridgehead atoms. The van der Waals surface area contributed by atoms with Crippen LogP contribution >= 0.6 is 0 Å². The highest BCUT2D eigenvalue weighted by Gasteiger charge is 2.24. The number of hydrogen-bond acceptors (Lipinski definition) is 2. The smallest absolute Gasteiger partial charge is 0.125 e. The third-order valence-electron chi connectivity index (χ3n) is 5.44. The average molecular weight is 342 g/mol. The standard InChI is InChI=1S/C24H22O2/c1-15-10-18(11-16(2)24(15)26-14-19-13-25-19)21-8-5-9-22-20-7-4-3-6-17(20)12-23(21)22/h3-11,19H,12-14H2,1-2H3. The molecule has 1 aliphatic carbocycles. The zero-order chi connectivity index (χ0) is 17.7. The lowest BCUT2D eigenvalue weighted by Gasteiger charge is -2.15. The van der Waals surface area contributed by atoms with Gasteiger partial charge in [0, 0.05) is 0 Å². The van der Waals surface area contributed by atoms with Gasteiger partial charge in [-0.2, -0.15) is 0 Å². The molecule has 0 radical (unpaired) electrons. The van der Waals surface area contributed by atoms with E-state index >= 15 is 0 Å². The van der Waals surface area contributed by atoms with Crippen molar-refractivity contribution in [3.8, 4) is 28.0 Å². The summed E-state index contributed by atoms with van der Waals surface area (Å²) in [5.41, 5.74) is 10.6. The van der Waals surface area contributed by atoms with E-state index in [9.17, 15) is 0 Å². The molecule has 0 saturated carbocycles. The highest BCUT2D eigenvalue weighted by Crippen LogP contribution is 2.42. The number of benzene rings is 3. The zero-order valence-electron chi connectivity index (χ0n) is 15.2. The van der Waals surface area contributed by atoms with Crippen molar-refractivity contribution in [1.82, 2.24) is 0 Å². The van der Waals surface area contributed by atoms with Gasteiger partial charge in [0.1, 0.15) is 18.5 Å². The van der Waals surface area contributed by atoms with Crippen LogP contribution in [0.5, 0.6) is 5.75 Å². The van der Waals surface area contributed by atoms with Crippen molar-refractivity contribution in [2.75, 3.05) is 13.2 Å². The maximum absolute atomic E-state index is 6.00. The first-order valence-electron chi connectivity index (χ1n) is 9.27. The van der Waals surface area contributed by atoms with Crippen LogP contribution in [-0.4, -0.2) is 19.3 Å². The van der Waals surface area contributed by atoms with Crippen LogP contribution in [0, 0.1) is 13.8 Å². The van der Waals surface area contributed by atoms with Crippen molar-refractivity contribution in [1.29, 1.82) is 0 Å². The third kappa shape index (κ3) is 2.62. The Hall–Kier alpha value is -2.58. The number of rotatable bonds is 4. The molecule has 0 spiro atoms. The fourth-order valence-electron chi connectivity index (χ4n) is 4.10. The fourth-order valence-corrected chi connectivity index (χ4v) is 4.10. The largest absolute Gasteiger partial charge is 0.490 e. The van der Waals surface area contributed by atoms with Crippen LogP contribution in [0.15, 0.2) is 54.6 Å². The molecule has 1 unspecified atom stereocenters. The predicted octanol–water partition coefficient (Wildman–Crippen LogP) is 5.32. The Morgan fingerprint density at radius 1 is 0.923 bits per heavy atom. The molecule has 5 rings (SSSR count). The summed E-state index contributed by atoms with van der Waals surface area (Å²) in [6.07, 6.45) is 1.29. The minimum absolute atomic E-state index is 0.282. The van der Waals surface area contributed by atoms with E-state index in [-0.39, 0.29) is 6.10 Å².